The highest BCUT2D eigenvalue weighted by atomic mass is 16.5. The number of fused-ring (bicyclic) bond motifs is 1. The molecule has 0 saturated carbocycles. The van der Waals surface area contributed by atoms with Crippen LogP contribution in [-0.2, 0) is 0 Å². The summed E-state index contributed by atoms with van der Waals surface area (Å²) >= 11 is 0. The molecule has 0 amide bonds. The number of aryl methyl sites for hydroxylation is 2. The minimum atomic E-state index is 0. The number of H-pyrrole nitrogens is 1. The molecule has 1 aromatic carbocycles. The summed E-state index contributed by atoms with van der Waals surface area (Å²) in [5.41, 5.74) is 3.62. The highest BCUT2D eigenvalue weighted by molar-refractivity contribution is 5.84. The minimum absolute atomic E-state index is 0. The Hall–Kier alpha value is -2.29. The van der Waals surface area contributed by atoms with Crippen LogP contribution >= 0.6 is 0 Å². The van der Waals surface area contributed by atoms with Crippen LogP contribution in [0.5, 0.6) is 5.75 Å². The predicted octanol–water partition coefficient (Wildman–Crippen LogP) is 5.15. The number of rotatable bonds is 1. The zero-order valence-corrected chi connectivity index (χ0v) is 11.5. The molecular weight excluding hydrogens is 260 g/mol. The number of aromatic amines is 1. The zero-order chi connectivity index (χ0) is 13.7. The number of nitrogens with one attached hydrogen (secondary N) is 1. The lowest BCUT2D eigenvalue weighted by molar-refractivity contribution is 0.415. The van der Waals surface area contributed by atoms with E-state index in [4.69, 9.17) is 4.74 Å². The first-order valence-corrected chi connectivity index (χ1v) is 6.19. The number of nitrogens with zero attached hydrogens (tertiary/aromatic N) is 1. The number of aromatic nitrogens is 2. The molecular formula is C18H26N2O. The van der Waals surface area contributed by atoms with E-state index in [0.717, 1.165) is 11.3 Å². The molecule has 0 aliphatic rings. The summed E-state index contributed by atoms with van der Waals surface area (Å²) in [6, 6.07) is 9.98. The third-order valence-corrected chi connectivity index (χ3v) is 2.91. The molecule has 3 rings (SSSR count). The van der Waals surface area contributed by atoms with Crippen LogP contribution in [0.3, 0.4) is 0 Å². The number of benzene rings is 1. The lowest BCUT2D eigenvalue weighted by atomic mass is 10.2. The molecule has 1 N–H and O–H groups in total. The largest absolute Gasteiger partial charge is 0.497 e. The molecule has 3 heteroatoms. The molecule has 21 heavy (non-hydrogen) atoms. The fourth-order valence-corrected chi connectivity index (χ4v) is 1.81. The first-order valence-electron chi connectivity index (χ1n) is 6.19. The lowest BCUT2D eigenvalue weighted by Gasteiger charge is -1.98. The number of pyridine rings is 1. The van der Waals surface area contributed by atoms with Crippen LogP contribution in [0.15, 0.2) is 48.9 Å². The van der Waals surface area contributed by atoms with Crippen molar-refractivity contribution in [3.05, 3.63) is 60.0 Å². The lowest BCUT2D eigenvalue weighted by Crippen LogP contribution is -1.81. The standard InChI is InChI=1S/C10H11NO.C6H7N.2CH4/c1-7-6-11-10-4-3-8(12-2)5-9(7)10;1-6-3-2-4-7-5-6;;/h3-6,11H,1-2H3;2-5H,1H3;2*1H4. The van der Waals surface area contributed by atoms with E-state index in [0.29, 0.717) is 0 Å². The molecule has 3 nitrogen and oxygen atoms in total. The van der Waals surface area contributed by atoms with Crippen LogP contribution in [0.25, 0.3) is 10.9 Å². The SMILES string of the molecule is C.C.COc1ccc2[nH]cc(C)c2c1.Cc1cccnc1. The van der Waals surface area contributed by atoms with Gasteiger partial charge < -0.3 is 9.72 Å². The molecule has 0 bridgehead atoms. The van der Waals surface area contributed by atoms with Gasteiger partial charge in [-0.25, -0.2) is 0 Å². The predicted molar refractivity (Wildman–Crippen MR) is 92.0 cm³/mol. The molecule has 0 aliphatic heterocycles. The van der Waals surface area contributed by atoms with Crippen molar-refractivity contribution in [1.82, 2.24) is 9.97 Å². The average Bonchev–Trinajstić information content (AvgIpc) is 2.81. The van der Waals surface area contributed by atoms with Gasteiger partial charge in [-0.05, 0) is 49.2 Å². The van der Waals surface area contributed by atoms with Gasteiger partial charge >= 0.3 is 0 Å². The van der Waals surface area contributed by atoms with Crippen molar-refractivity contribution in [2.24, 2.45) is 0 Å². The Bertz CT molecular complexity index is 645. The Labute approximate surface area is 128 Å². The molecule has 0 saturated heterocycles. The van der Waals surface area contributed by atoms with Gasteiger partial charge in [0.15, 0.2) is 0 Å². The van der Waals surface area contributed by atoms with Gasteiger partial charge in [0.2, 0.25) is 0 Å². The van der Waals surface area contributed by atoms with E-state index in [1.54, 1.807) is 13.3 Å². The molecule has 114 valence electrons. The molecule has 0 aliphatic carbocycles. The summed E-state index contributed by atoms with van der Waals surface area (Å²) in [6.45, 7) is 4.10. The molecule has 0 radical (unpaired) electrons. The number of ether oxygens (including phenoxy) is 1. The highest BCUT2D eigenvalue weighted by Crippen LogP contribution is 2.22. The summed E-state index contributed by atoms with van der Waals surface area (Å²) in [5.74, 6) is 0.908. The maximum absolute atomic E-state index is 5.13. The van der Waals surface area contributed by atoms with Crippen molar-refractivity contribution < 1.29 is 4.74 Å². The van der Waals surface area contributed by atoms with Crippen LogP contribution < -0.4 is 4.74 Å². The number of hydrogen-bond acceptors (Lipinski definition) is 2. The number of hydrogen-bond donors (Lipinski definition) is 1. The normalized spacial score (nSPS) is 8.90. The van der Waals surface area contributed by atoms with E-state index < -0.39 is 0 Å². The second kappa shape index (κ2) is 8.80. The quantitative estimate of drug-likeness (QED) is 0.672. The summed E-state index contributed by atoms with van der Waals surface area (Å²) in [4.78, 5) is 7.07. The van der Waals surface area contributed by atoms with Crippen molar-refractivity contribution in [3.63, 3.8) is 0 Å². The summed E-state index contributed by atoms with van der Waals surface area (Å²) in [5, 5.41) is 1.23. The van der Waals surface area contributed by atoms with Crippen molar-refractivity contribution >= 4 is 10.9 Å². The average molecular weight is 286 g/mol. The van der Waals surface area contributed by atoms with E-state index in [2.05, 4.69) is 16.9 Å². The fraction of sp³-hybridized carbons (Fsp3) is 0.278. The van der Waals surface area contributed by atoms with Gasteiger partial charge in [0.25, 0.3) is 0 Å². The molecule has 2 aromatic heterocycles. The second-order valence-corrected chi connectivity index (χ2v) is 4.41. The van der Waals surface area contributed by atoms with Gasteiger partial charge in [-0.1, -0.05) is 20.9 Å². The van der Waals surface area contributed by atoms with Crippen molar-refractivity contribution in [3.8, 4) is 5.75 Å². The van der Waals surface area contributed by atoms with E-state index >= 15 is 0 Å². The topological polar surface area (TPSA) is 37.9 Å². The van der Waals surface area contributed by atoms with Crippen LogP contribution in [0.1, 0.15) is 26.0 Å². The van der Waals surface area contributed by atoms with E-state index in [1.807, 2.05) is 49.6 Å². The smallest absolute Gasteiger partial charge is 0.119 e. The molecule has 0 unspecified atom stereocenters. The van der Waals surface area contributed by atoms with E-state index in [9.17, 15) is 0 Å². The van der Waals surface area contributed by atoms with Gasteiger partial charge in [0.05, 0.1) is 7.11 Å². The van der Waals surface area contributed by atoms with Crippen LogP contribution in [0, 0.1) is 13.8 Å². The van der Waals surface area contributed by atoms with Crippen molar-refractivity contribution in [2.75, 3.05) is 7.11 Å². The zero-order valence-electron chi connectivity index (χ0n) is 11.5. The monoisotopic (exact) mass is 286 g/mol. The Kier molecular flexibility index (Phi) is 7.84. The highest BCUT2D eigenvalue weighted by Gasteiger charge is 1.99. The van der Waals surface area contributed by atoms with Crippen LogP contribution in [0.4, 0.5) is 0 Å². The van der Waals surface area contributed by atoms with Gasteiger partial charge in [-0.3, -0.25) is 4.98 Å². The molecule has 2 heterocycles. The van der Waals surface area contributed by atoms with Gasteiger partial charge in [-0.15, -0.1) is 0 Å². The Morgan fingerprint density at radius 3 is 2.38 bits per heavy atom. The van der Waals surface area contributed by atoms with E-state index in [1.165, 1.54) is 16.5 Å². The van der Waals surface area contributed by atoms with Crippen LogP contribution in [0.2, 0.25) is 0 Å². The molecule has 0 fully saturated rings. The first kappa shape index (κ1) is 18.7. The van der Waals surface area contributed by atoms with Gasteiger partial charge in [-0.2, -0.15) is 0 Å². The first-order chi connectivity index (χ1) is 9.20. The Morgan fingerprint density at radius 2 is 1.86 bits per heavy atom. The summed E-state index contributed by atoms with van der Waals surface area (Å²) in [7, 11) is 1.68. The third kappa shape index (κ3) is 4.95. The number of methoxy groups -OCH3 is 1. The summed E-state index contributed by atoms with van der Waals surface area (Å²) in [6.07, 6.45) is 5.61. The van der Waals surface area contributed by atoms with Gasteiger partial charge in [0.1, 0.15) is 5.75 Å². The maximum atomic E-state index is 5.13. The maximum Gasteiger partial charge on any atom is 0.119 e. The second-order valence-electron chi connectivity index (χ2n) is 4.41. The Morgan fingerprint density at radius 1 is 1.10 bits per heavy atom. The molecule has 0 spiro atoms. The fourth-order valence-electron chi connectivity index (χ4n) is 1.81. The van der Waals surface area contributed by atoms with E-state index in [-0.39, 0.29) is 14.9 Å². The molecule has 3 aromatic rings. The Balaban J connectivity index is 0.000000389. The summed E-state index contributed by atoms with van der Waals surface area (Å²) < 4.78 is 5.13. The third-order valence-electron chi connectivity index (χ3n) is 2.91. The van der Waals surface area contributed by atoms with Crippen molar-refractivity contribution in [2.45, 2.75) is 28.7 Å². The molecule has 0 atom stereocenters. The van der Waals surface area contributed by atoms with Crippen molar-refractivity contribution in [1.29, 1.82) is 0 Å². The minimum Gasteiger partial charge on any atom is -0.497 e. The van der Waals surface area contributed by atoms with Crippen LogP contribution in [-0.4, -0.2) is 17.1 Å². The van der Waals surface area contributed by atoms with Gasteiger partial charge in [0, 0.05) is 29.5 Å².